The molecule has 0 atom stereocenters. The molecule has 0 saturated heterocycles. The van der Waals surface area contributed by atoms with Gasteiger partial charge in [0.1, 0.15) is 0 Å². The maximum Gasteiger partial charge on any atom is 0.311 e. The molecule has 2 rings (SSSR count). The van der Waals surface area contributed by atoms with Crippen LogP contribution in [-0.4, -0.2) is 34.4 Å². The Hall–Kier alpha value is -1.87. The number of carbonyl (C=O) groups is 2. The molecule has 0 bridgehead atoms. The molecule has 7 nitrogen and oxygen atoms in total. The Kier molecular flexibility index (Phi) is 6.60. The van der Waals surface area contributed by atoms with Crippen LogP contribution in [0.15, 0.2) is 20.3 Å². The van der Waals surface area contributed by atoms with Crippen LogP contribution in [0.4, 0.5) is 5.88 Å². The molecule has 0 unspecified atom stereocenters. The van der Waals surface area contributed by atoms with Crippen molar-refractivity contribution in [3.8, 4) is 0 Å². The molecule has 25 heavy (non-hydrogen) atoms. The molecule has 0 aliphatic rings. The fourth-order valence-corrected chi connectivity index (χ4v) is 3.43. The van der Waals surface area contributed by atoms with E-state index in [2.05, 4.69) is 15.5 Å². The van der Waals surface area contributed by atoms with Gasteiger partial charge in [-0.3, -0.25) is 14.9 Å². The van der Waals surface area contributed by atoms with Gasteiger partial charge in [0.15, 0.2) is 4.34 Å². The number of ether oxygens (including phenoxy) is 1. The summed E-state index contributed by atoms with van der Waals surface area (Å²) in [5, 5.41) is 8.42. The second kappa shape index (κ2) is 8.48. The number of hydrogen-bond donors (Lipinski definition) is 1. The number of nitrogens with one attached hydrogen (secondary N) is 1. The molecule has 2 aromatic heterocycles. The number of carbonyl (C=O) groups excluding carboxylic acids is 2. The lowest BCUT2D eigenvalue weighted by Gasteiger charge is -2.12. The Morgan fingerprint density at radius 1 is 1.40 bits per heavy atom. The Morgan fingerprint density at radius 2 is 2.16 bits per heavy atom. The van der Waals surface area contributed by atoms with Crippen LogP contribution in [0.3, 0.4) is 0 Å². The van der Waals surface area contributed by atoms with Crippen molar-refractivity contribution in [2.24, 2.45) is 0 Å². The summed E-state index contributed by atoms with van der Waals surface area (Å²) in [5.41, 5.74) is 1.28. The van der Waals surface area contributed by atoms with E-state index in [1.54, 1.807) is 18.4 Å². The second-order valence-electron chi connectivity index (χ2n) is 6.25. The first-order valence-electron chi connectivity index (χ1n) is 7.77. The monoisotopic (exact) mass is 383 g/mol. The summed E-state index contributed by atoms with van der Waals surface area (Å²) in [4.78, 5) is 27.7. The zero-order valence-corrected chi connectivity index (χ0v) is 16.3. The number of hydrogen-bond acceptors (Lipinski definition) is 8. The number of thioether (sulfide) groups is 1. The van der Waals surface area contributed by atoms with Crippen molar-refractivity contribution in [3.63, 3.8) is 0 Å². The van der Waals surface area contributed by atoms with Gasteiger partial charge in [-0.1, -0.05) is 37.7 Å². The molecular formula is C16H21N3O4S2. The lowest BCUT2D eigenvalue weighted by molar-refractivity contribution is -0.142. The topological polar surface area (TPSA) is 94.3 Å². The molecule has 0 aliphatic heterocycles. The maximum absolute atomic E-state index is 12.0. The van der Waals surface area contributed by atoms with Gasteiger partial charge in [0.25, 0.3) is 0 Å². The largest absolute Gasteiger partial charge is 0.466 e. The highest BCUT2D eigenvalue weighted by Crippen LogP contribution is 2.25. The minimum Gasteiger partial charge on any atom is -0.466 e. The number of anilines is 1. The average molecular weight is 383 g/mol. The number of amides is 1. The van der Waals surface area contributed by atoms with Gasteiger partial charge in [-0.25, -0.2) is 4.98 Å². The third-order valence-electron chi connectivity index (χ3n) is 3.03. The number of esters is 1. The number of rotatable bonds is 7. The van der Waals surface area contributed by atoms with Crippen molar-refractivity contribution >= 4 is 40.9 Å². The van der Waals surface area contributed by atoms with Crippen LogP contribution in [0.2, 0.25) is 0 Å². The molecule has 0 saturated carbocycles. The van der Waals surface area contributed by atoms with Gasteiger partial charge in [0, 0.05) is 16.9 Å². The van der Waals surface area contributed by atoms with Gasteiger partial charge >= 0.3 is 5.97 Å². The van der Waals surface area contributed by atoms with Gasteiger partial charge in [-0.2, -0.15) is 0 Å². The van der Waals surface area contributed by atoms with Crippen LogP contribution < -0.4 is 5.32 Å². The first-order chi connectivity index (χ1) is 11.8. The quantitative estimate of drug-likeness (QED) is 0.579. The molecule has 136 valence electrons. The predicted molar refractivity (Wildman–Crippen MR) is 97.0 cm³/mol. The fraction of sp³-hybridized carbons (Fsp3) is 0.500. The summed E-state index contributed by atoms with van der Waals surface area (Å²) in [6, 6.07) is 1.73. The third-order valence-corrected chi connectivity index (χ3v) is 5.10. The Bertz CT molecular complexity index is 734. The van der Waals surface area contributed by atoms with Crippen LogP contribution in [0.5, 0.6) is 0 Å². The van der Waals surface area contributed by atoms with Crippen LogP contribution >= 0.6 is 23.1 Å². The van der Waals surface area contributed by atoms with E-state index in [9.17, 15) is 9.59 Å². The third kappa shape index (κ3) is 6.17. The molecule has 2 heterocycles. The van der Waals surface area contributed by atoms with E-state index in [0.29, 0.717) is 18.2 Å². The lowest BCUT2D eigenvalue weighted by Crippen LogP contribution is -2.14. The number of nitrogens with zero attached hydrogens (tertiary/aromatic N) is 2. The smallest absolute Gasteiger partial charge is 0.311 e. The highest BCUT2D eigenvalue weighted by Gasteiger charge is 2.19. The van der Waals surface area contributed by atoms with Crippen molar-refractivity contribution in [1.29, 1.82) is 0 Å². The highest BCUT2D eigenvalue weighted by molar-refractivity contribution is 8.01. The SMILES string of the molecule is CCOC(=O)Cc1csc(SCC(=O)Nc2cc(C(C)(C)C)no2)n1. The van der Waals surface area contributed by atoms with Crippen LogP contribution in [0, 0.1) is 0 Å². The van der Waals surface area contributed by atoms with Crippen molar-refractivity contribution < 1.29 is 18.8 Å². The summed E-state index contributed by atoms with van der Waals surface area (Å²) in [6.07, 6.45) is 0.144. The molecular weight excluding hydrogens is 362 g/mol. The van der Waals surface area contributed by atoms with Gasteiger partial charge in [0.2, 0.25) is 11.8 Å². The molecule has 0 fully saturated rings. The maximum atomic E-state index is 12.0. The van der Waals surface area contributed by atoms with Crippen LogP contribution in [-0.2, 0) is 26.2 Å². The minimum atomic E-state index is -0.304. The first-order valence-corrected chi connectivity index (χ1v) is 9.64. The number of aromatic nitrogens is 2. The fourth-order valence-electron chi connectivity index (χ4n) is 1.78. The van der Waals surface area contributed by atoms with E-state index in [0.717, 1.165) is 10.0 Å². The van der Waals surface area contributed by atoms with Crippen LogP contribution in [0.1, 0.15) is 39.1 Å². The summed E-state index contributed by atoms with van der Waals surface area (Å²) < 4.78 is 10.7. The first kappa shape index (κ1) is 19.5. The molecule has 1 amide bonds. The van der Waals surface area contributed by atoms with Gasteiger partial charge in [-0.05, 0) is 6.92 Å². The summed E-state index contributed by atoms with van der Waals surface area (Å²) in [7, 11) is 0. The standard InChI is InChI=1S/C16H21N3O4S2/c1-5-22-14(21)6-10-8-24-15(17-10)25-9-12(20)18-13-7-11(19-23-13)16(2,3)4/h7-8H,5-6,9H2,1-4H3,(H,18,20). The van der Waals surface area contributed by atoms with E-state index in [1.165, 1.54) is 23.1 Å². The molecule has 0 aliphatic carbocycles. The molecule has 9 heteroatoms. The zero-order valence-electron chi connectivity index (χ0n) is 14.6. The Labute approximate surface area is 154 Å². The van der Waals surface area contributed by atoms with Crippen molar-refractivity contribution in [2.45, 2.75) is 43.9 Å². The molecule has 0 radical (unpaired) electrons. The number of thiazole rings is 1. The Balaban J connectivity index is 1.81. The van der Waals surface area contributed by atoms with Crippen molar-refractivity contribution in [3.05, 3.63) is 22.8 Å². The zero-order chi connectivity index (χ0) is 18.4. The van der Waals surface area contributed by atoms with E-state index in [-0.39, 0.29) is 29.5 Å². The normalized spacial score (nSPS) is 11.4. The predicted octanol–water partition coefficient (Wildman–Crippen LogP) is 3.27. The van der Waals surface area contributed by atoms with Crippen LogP contribution in [0.25, 0.3) is 0 Å². The lowest BCUT2D eigenvalue weighted by atomic mass is 9.92. The van der Waals surface area contributed by atoms with Crippen molar-refractivity contribution in [1.82, 2.24) is 10.1 Å². The summed E-state index contributed by atoms with van der Waals surface area (Å²) in [5.74, 6) is 0.0150. The van der Waals surface area contributed by atoms with E-state index >= 15 is 0 Å². The summed E-state index contributed by atoms with van der Waals surface area (Å²) in [6.45, 7) is 8.16. The highest BCUT2D eigenvalue weighted by atomic mass is 32.2. The molecule has 1 N–H and O–H groups in total. The molecule has 2 aromatic rings. The second-order valence-corrected chi connectivity index (χ2v) is 8.33. The Morgan fingerprint density at radius 3 is 2.80 bits per heavy atom. The van der Waals surface area contributed by atoms with E-state index in [1.807, 2.05) is 20.8 Å². The average Bonchev–Trinajstić information content (AvgIpc) is 3.14. The minimum absolute atomic E-state index is 0.141. The van der Waals surface area contributed by atoms with E-state index < -0.39 is 0 Å². The van der Waals surface area contributed by atoms with E-state index in [4.69, 9.17) is 9.26 Å². The molecule has 0 aromatic carbocycles. The summed E-state index contributed by atoms with van der Waals surface area (Å²) >= 11 is 2.70. The van der Waals surface area contributed by atoms with Crippen molar-refractivity contribution in [2.75, 3.05) is 17.7 Å². The molecule has 0 spiro atoms. The van der Waals surface area contributed by atoms with Gasteiger partial charge in [0.05, 0.1) is 30.2 Å². The van der Waals surface area contributed by atoms with Gasteiger partial charge < -0.3 is 9.26 Å². The van der Waals surface area contributed by atoms with Gasteiger partial charge in [-0.15, -0.1) is 11.3 Å².